The maximum absolute atomic E-state index is 13.5. The highest BCUT2D eigenvalue weighted by atomic mass is 35.5. The second kappa shape index (κ2) is 4.93. The van der Waals surface area contributed by atoms with Gasteiger partial charge in [0.15, 0.2) is 0 Å². The van der Waals surface area contributed by atoms with Crippen molar-refractivity contribution in [1.82, 2.24) is 0 Å². The summed E-state index contributed by atoms with van der Waals surface area (Å²) in [5.74, 6) is -0.548. The van der Waals surface area contributed by atoms with Crippen molar-refractivity contribution in [3.63, 3.8) is 0 Å². The van der Waals surface area contributed by atoms with Gasteiger partial charge in [-0.2, -0.15) is 0 Å². The van der Waals surface area contributed by atoms with E-state index in [4.69, 9.17) is 16.3 Å². The Morgan fingerprint density at radius 2 is 2.38 bits per heavy atom. The van der Waals surface area contributed by atoms with Crippen molar-refractivity contribution in [2.75, 3.05) is 13.2 Å². The van der Waals surface area contributed by atoms with Crippen LogP contribution in [-0.2, 0) is 16.0 Å². The summed E-state index contributed by atoms with van der Waals surface area (Å²) in [6.07, 6.45) is 0.835. The van der Waals surface area contributed by atoms with Gasteiger partial charge in [-0.3, -0.25) is 4.79 Å². The fraction of sp³-hybridized carbons (Fsp3) is 0.417. The fourth-order valence-electron chi connectivity index (χ4n) is 1.81. The quantitative estimate of drug-likeness (QED) is 0.815. The van der Waals surface area contributed by atoms with Crippen molar-refractivity contribution in [2.24, 2.45) is 5.92 Å². The van der Waals surface area contributed by atoms with Gasteiger partial charge in [0.25, 0.3) is 0 Å². The van der Waals surface area contributed by atoms with Crippen LogP contribution in [0.15, 0.2) is 18.2 Å². The van der Waals surface area contributed by atoms with Gasteiger partial charge in [0, 0.05) is 18.9 Å². The van der Waals surface area contributed by atoms with Crippen LogP contribution in [0.1, 0.15) is 12.0 Å². The van der Waals surface area contributed by atoms with Crippen molar-refractivity contribution in [2.45, 2.75) is 12.8 Å². The van der Waals surface area contributed by atoms with E-state index in [1.165, 1.54) is 6.07 Å². The lowest BCUT2D eigenvalue weighted by molar-refractivity contribution is -0.122. The number of ether oxygens (including phenoxy) is 1. The zero-order chi connectivity index (χ0) is 11.5. The number of rotatable bonds is 3. The van der Waals surface area contributed by atoms with Gasteiger partial charge in [0.1, 0.15) is 11.6 Å². The van der Waals surface area contributed by atoms with Gasteiger partial charge in [-0.15, -0.1) is 0 Å². The molecule has 0 spiro atoms. The van der Waals surface area contributed by atoms with Crippen LogP contribution in [0, 0.1) is 11.7 Å². The van der Waals surface area contributed by atoms with E-state index in [1.807, 2.05) is 0 Å². The van der Waals surface area contributed by atoms with Crippen LogP contribution >= 0.6 is 11.6 Å². The number of benzene rings is 1. The van der Waals surface area contributed by atoms with E-state index in [9.17, 15) is 9.18 Å². The summed E-state index contributed by atoms with van der Waals surface area (Å²) in [5, 5.41) is 0.0629. The van der Waals surface area contributed by atoms with Crippen LogP contribution in [-0.4, -0.2) is 19.0 Å². The Labute approximate surface area is 98.4 Å². The number of hydrogen-bond acceptors (Lipinski definition) is 2. The first-order chi connectivity index (χ1) is 7.68. The molecule has 4 heteroatoms. The lowest BCUT2D eigenvalue weighted by Gasteiger charge is -2.07. The highest BCUT2D eigenvalue weighted by Crippen LogP contribution is 2.21. The van der Waals surface area contributed by atoms with Gasteiger partial charge in [0.2, 0.25) is 0 Å². The van der Waals surface area contributed by atoms with E-state index in [2.05, 4.69) is 0 Å². The number of Topliss-reactive ketones (excluding diaryl/α,β-unsaturated/α-hetero) is 1. The average molecular weight is 243 g/mol. The number of hydrogen-bond donors (Lipinski definition) is 0. The highest BCUT2D eigenvalue weighted by molar-refractivity contribution is 6.30. The lowest BCUT2D eigenvalue weighted by Crippen LogP contribution is -2.17. The molecule has 0 aromatic heterocycles. The Balaban J connectivity index is 2.08. The molecule has 0 amide bonds. The zero-order valence-corrected chi connectivity index (χ0v) is 9.47. The van der Waals surface area contributed by atoms with Crippen molar-refractivity contribution < 1.29 is 13.9 Å². The molecule has 1 unspecified atom stereocenters. The Kier molecular flexibility index (Phi) is 3.56. The molecule has 0 N–H and O–H groups in total. The molecule has 1 heterocycles. The van der Waals surface area contributed by atoms with Crippen LogP contribution in [0.4, 0.5) is 4.39 Å². The predicted octanol–water partition coefficient (Wildman–Crippen LogP) is 2.63. The topological polar surface area (TPSA) is 26.3 Å². The summed E-state index contributed by atoms with van der Waals surface area (Å²) in [5.41, 5.74) is 0.365. The predicted molar refractivity (Wildman–Crippen MR) is 59.0 cm³/mol. The summed E-state index contributed by atoms with van der Waals surface area (Å²) in [6.45, 7) is 1.08. The first kappa shape index (κ1) is 11.6. The average Bonchev–Trinajstić information content (AvgIpc) is 2.78. The molecule has 1 aromatic carbocycles. The summed E-state index contributed by atoms with van der Waals surface area (Å²) < 4.78 is 18.7. The lowest BCUT2D eigenvalue weighted by atomic mass is 9.97. The summed E-state index contributed by atoms with van der Waals surface area (Å²) in [6, 6.07) is 4.72. The van der Waals surface area contributed by atoms with Crippen LogP contribution in [0.25, 0.3) is 0 Å². The van der Waals surface area contributed by atoms with Gasteiger partial charge in [-0.05, 0) is 18.1 Å². The molecule has 1 atom stereocenters. The van der Waals surface area contributed by atoms with Gasteiger partial charge in [-0.1, -0.05) is 23.7 Å². The maximum Gasteiger partial charge on any atom is 0.145 e. The van der Waals surface area contributed by atoms with Crippen molar-refractivity contribution in [3.05, 3.63) is 34.6 Å². The minimum atomic E-state index is -0.489. The molecule has 2 nitrogen and oxygen atoms in total. The zero-order valence-electron chi connectivity index (χ0n) is 8.71. The van der Waals surface area contributed by atoms with Crippen molar-refractivity contribution in [1.29, 1.82) is 0 Å². The van der Waals surface area contributed by atoms with Gasteiger partial charge >= 0.3 is 0 Å². The van der Waals surface area contributed by atoms with E-state index in [-0.39, 0.29) is 23.1 Å². The molecule has 1 saturated heterocycles. The van der Waals surface area contributed by atoms with Crippen LogP contribution in [0.2, 0.25) is 5.02 Å². The van der Waals surface area contributed by atoms with Gasteiger partial charge in [-0.25, -0.2) is 4.39 Å². The van der Waals surface area contributed by atoms with E-state index in [0.29, 0.717) is 18.8 Å². The third-order valence-electron chi connectivity index (χ3n) is 2.78. The van der Waals surface area contributed by atoms with Gasteiger partial charge in [0.05, 0.1) is 11.6 Å². The second-order valence-electron chi connectivity index (χ2n) is 3.92. The van der Waals surface area contributed by atoms with Crippen LogP contribution in [0.5, 0.6) is 0 Å². The SMILES string of the molecule is O=C(Cc1cccc(Cl)c1F)C1CCOC1. The molecule has 1 aromatic rings. The summed E-state index contributed by atoms with van der Waals surface area (Å²) >= 11 is 5.65. The van der Waals surface area contributed by atoms with E-state index >= 15 is 0 Å². The molecule has 86 valence electrons. The normalized spacial score (nSPS) is 20.0. The molecule has 2 rings (SSSR count). The molecule has 16 heavy (non-hydrogen) atoms. The molecule has 1 aliphatic rings. The third kappa shape index (κ3) is 2.42. The van der Waals surface area contributed by atoms with E-state index in [0.717, 1.165) is 6.42 Å². The van der Waals surface area contributed by atoms with Crippen molar-refractivity contribution in [3.8, 4) is 0 Å². The fourth-order valence-corrected chi connectivity index (χ4v) is 2.00. The molecule has 0 saturated carbocycles. The molecule has 0 aliphatic carbocycles. The van der Waals surface area contributed by atoms with Crippen LogP contribution < -0.4 is 0 Å². The molecule has 1 aliphatic heterocycles. The smallest absolute Gasteiger partial charge is 0.145 e. The number of ketones is 1. The molecule has 0 bridgehead atoms. The molecule has 0 radical (unpaired) electrons. The van der Waals surface area contributed by atoms with E-state index < -0.39 is 5.82 Å². The van der Waals surface area contributed by atoms with E-state index in [1.54, 1.807) is 12.1 Å². The van der Waals surface area contributed by atoms with Crippen molar-refractivity contribution >= 4 is 17.4 Å². The minimum Gasteiger partial charge on any atom is -0.381 e. The monoisotopic (exact) mass is 242 g/mol. The first-order valence-corrected chi connectivity index (χ1v) is 5.59. The van der Waals surface area contributed by atoms with Crippen LogP contribution in [0.3, 0.4) is 0 Å². The second-order valence-corrected chi connectivity index (χ2v) is 4.32. The Morgan fingerprint density at radius 1 is 1.56 bits per heavy atom. The standard InChI is InChI=1S/C12H12ClFO2/c13-10-3-1-2-8(12(10)14)6-11(15)9-4-5-16-7-9/h1-3,9H,4-7H2. The Hall–Kier alpha value is -0.930. The maximum atomic E-state index is 13.5. The molecular formula is C12H12ClFO2. The Bertz CT molecular complexity index is 400. The summed E-state index contributed by atoms with van der Waals surface area (Å²) in [4.78, 5) is 11.8. The third-order valence-corrected chi connectivity index (χ3v) is 3.07. The number of carbonyl (C=O) groups is 1. The Morgan fingerprint density at radius 3 is 3.06 bits per heavy atom. The minimum absolute atomic E-state index is 0.0265. The summed E-state index contributed by atoms with van der Waals surface area (Å²) in [7, 11) is 0. The largest absolute Gasteiger partial charge is 0.381 e. The number of carbonyl (C=O) groups excluding carboxylic acids is 1. The number of halogens is 2. The first-order valence-electron chi connectivity index (χ1n) is 5.22. The highest BCUT2D eigenvalue weighted by Gasteiger charge is 2.24. The molecular weight excluding hydrogens is 231 g/mol. The van der Waals surface area contributed by atoms with Gasteiger partial charge < -0.3 is 4.74 Å². The molecule has 1 fully saturated rings.